The molecule has 0 spiro atoms. The number of ether oxygens (including phenoxy) is 1. The monoisotopic (exact) mass is 384 g/mol. The molecule has 146 valence electrons. The molecule has 0 unspecified atom stereocenters. The number of carbonyl (C=O) groups excluding carboxylic acids is 1. The molecule has 0 aliphatic rings. The van der Waals surface area contributed by atoms with E-state index in [4.69, 9.17) is 4.74 Å². The number of amides is 1. The topological polar surface area (TPSA) is 77.3 Å². The van der Waals surface area contributed by atoms with Gasteiger partial charge in [0.1, 0.15) is 5.52 Å². The van der Waals surface area contributed by atoms with E-state index in [0.29, 0.717) is 16.6 Å². The van der Waals surface area contributed by atoms with Crippen molar-refractivity contribution < 1.29 is 13.9 Å². The molecule has 1 heterocycles. The van der Waals surface area contributed by atoms with Crippen LogP contribution in [-0.2, 0) is 11.3 Å². The highest BCUT2D eigenvalue weighted by molar-refractivity contribution is 5.93. The van der Waals surface area contributed by atoms with Gasteiger partial charge in [-0.1, -0.05) is 17.3 Å². The number of hydrogen-bond donors (Lipinski definition) is 0. The molecule has 2 aromatic carbocycles. The van der Waals surface area contributed by atoms with Gasteiger partial charge in [0.2, 0.25) is 5.91 Å². The van der Waals surface area contributed by atoms with Gasteiger partial charge in [-0.15, -0.1) is 5.10 Å². The van der Waals surface area contributed by atoms with Gasteiger partial charge in [0.05, 0.1) is 19.0 Å². The van der Waals surface area contributed by atoms with E-state index in [-0.39, 0.29) is 36.2 Å². The lowest BCUT2D eigenvalue weighted by molar-refractivity contribution is -0.119. The third kappa shape index (κ3) is 3.85. The Morgan fingerprint density at radius 3 is 2.68 bits per heavy atom. The lowest BCUT2D eigenvalue weighted by Crippen LogP contribution is -2.38. The van der Waals surface area contributed by atoms with Crippen molar-refractivity contribution in [2.75, 3.05) is 12.0 Å². The molecule has 0 saturated carbocycles. The van der Waals surface area contributed by atoms with Gasteiger partial charge >= 0.3 is 0 Å². The Labute approximate surface area is 161 Å². The highest BCUT2D eigenvalue weighted by Crippen LogP contribution is 2.25. The molecule has 3 aromatic rings. The number of aromatic nitrogens is 3. The Morgan fingerprint density at radius 2 is 2.00 bits per heavy atom. The molecule has 0 radical (unpaired) electrons. The molecule has 0 atom stereocenters. The third-order valence-electron chi connectivity index (χ3n) is 4.37. The summed E-state index contributed by atoms with van der Waals surface area (Å²) in [5, 5.41) is 8.36. The van der Waals surface area contributed by atoms with Gasteiger partial charge in [0.25, 0.3) is 5.56 Å². The summed E-state index contributed by atoms with van der Waals surface area (Å²) in [7, 11) is 1.38. The number of halogens is 1. The second-order valence-electron chi connectivity index (χ2n) is 6.56. The highest BCUT2D eigenvalue weighted by atomic mass is 19.1. The number of carbonyl (C=O) groups is 1. The van der Waals surface area contributed by atoms with E-state index in [1.807, 2.05) is 13.8 Å². The maximum atomic E-state index is 14.1. The summed E-state index contributed by atoms with van der Waals surface area (Å²) in [6, 6.07) is 11.1. The number of anilines is 1. The highest BCUT2D eigenvalue weighted by Gasteiger charge is 2.21. The Morgan fingerprint density at radius 1 is 1.25 bits per heavy atom. The van der Waals surface area contributed by atoms with E-state index in [1.165, 1.54) is 28.8 Å². The van der Waals surface area contributed by atoms with Crippen molar-refractivity contribution in [3.63, 3.8) is 0 Å². The molecule has 1 amide bonds. The van der Waals surface area contributed by atoms with E-state index in [0.717, 1.165) is 0 Å². The van der Waals surface area contributed by atoms with Gasteiger partial charge in [-0.2, -0.15) is 0 Å². The zero-order valence-electron chi connectivity index (χ0n) is 15.9. The maximum Gasteiger partial charge on any atom is 0.277 e. The fourth-order valence-corrected chi connectivity index (χ4v) is 3.03. The first-order chi connectivity index (χ1) is 13.4. The molecule has 0 aliphatic carbocycles. The average molecular weight is 384 g/mol. The Bertz CT molecular complexity index is 1060. The Balaban J connectivity index is 1.81. The van der Waals surface area contributed by atoms with Gasteiger partial charge in [-0.25, -0.2) is 9.07 Å². The molecule has 8 heteroatoms. The van der Waals surface area contributed by atoms with Crippen LogP contribution >= 0.6 is 0 Å². The number of hydrogen-bond acceptors (Lipinski definition) is 5. The van der Waals surface area contributed by atoms with Crippen molar-refractivity contribution in [2.24, 2.45) is 0 Å². The van der Waals surface area contributed by atoms with Crippen LogP contribution in [0.5, 0.6) is 5.75 Å². The summed E-state index contributed by atoms with van der Waals surface area (Å²) in [5.41, 5.74) is 0.632. The normalized spacial score (nSPS) is 11.0. The van der Waals surface area contributed by atoms with Crippen LogP contribution in [0.2, 0.25) is 0 Å². The summed E-state index contributed by atoms with van der Waals surface area (Å²) in [4.78, 5) is 26.8. The van der Waals surface area contributed by atoms with Crippen LogP contribution in [0.15, 0.2) is 47.3 Å². The first-order valence-corrected chi connectivity index (χ1v) is 8.90. The Hall–Kier alpha value is -3.29. The van der Waals surface area contributed by atoms with Gasteiger partial charge in [-0.3, -0.25) is 9.59 Å². The lowest BCUT2D eigenvalue weighted by Gasteiger charge is -2.27. The predicted molar refractivity (Wildman–Crippen MR) is 104 cm³/mol. The molecule has 0 N–H and O–H groups in total. The van der Waals surface area contributed by atoms with Crippen LogP contribution in [0.3, 0.4) is 0 Å². The third-order valence-corrected chi connectivity index (χ3v) is 4.37. The van der Waals surface area contributed by atoms with Gasteiger partial charge in [0, 0.05) is 24.2 Å². The summed E-state index contributed by atoms with van der Waals surface area (Å²) in [6.45, 7) is 3.75. The van der Waals surface area contributed by atoms with E-state index < -0.39 is 5.82 Å². The van der Waals surface area contributed by atoms with Crippen LogP contribution < -0.4 is 15.2 Å². The minimum absolute atomic E-state index is 0.0265. The molecular formula is C20H21FN4O3. The average Bonchev–Trinajstić information content (AvgIpc) is 2.68. The largest absolute Gasteiger partial charge is 0.494 e. The lowest BCUT2D eigenvalue weighted by atomic mass is 10.2. The van der Waals surface area contributed by atoms with Crippen molar-refractivity contribution in [1.82, 2.24) is 15.0 Å². The van der Waals surface area contributed by atoms with Crippen LogP contribution in [0.4, 0.5) is 10.1 Å². The van der Waals surface area contributed by atoms with Crippen molar-refractivity contribution in [3.05, 3.63) is 58.6 Å². The smallest absolute Gasteiger partial charge is 0.277 e. The zero-order valence-corrected chi connectivity index (χ0v) is 15.9. The Kier molecular flexibility index (Phi) is 5.67. The van der Waals surface area contributed by atoms with Crippen LogP contribution in [0.25, 0.3) is 10.9 Å². The molecule has 0 fully saturated rings. The quantitative estimate of drug-likeness (QED) is 0.653. The maximum absolute atomic E-state index is 14.1. The second kappa shape index (κ2) is 8.16. The minimum Gasteiger partial charge on any atom is -0.494 e. The zero-order chi connectivity index (χ0) is 20.3. The number of rotatable bonds is 6. The van der Waals surface area contributed by atoms with E-state index >= 15 is 0 Å². The van der Waals surface area contributed by atoms with Crippen LogP contribution in [0, 0.1) is 5.82 Å². The van der Waals surface area contributed by atoms with Gasteiger partial charge in [-0.05, 0) is 38.1 Å². The SMILES string of the molecule is COc1ccc(N(C(=O)CCn2nnc3ccccc3c2=O)C(C)C)cc1F. The molecular weight excluding hydrogens is 363 g/mol. The number of benzene rings is 2. The van der Waals surface area contributed by atoms with Gasteiger partial charge in [0.15, 0.2) is 11.6 Å². The molecule has 0 saturated heterocycles. The first kappa shape index (κ1) is 19.5. The molecule has 0 aliphatic heterocycles. The minimum atomic E-state index is -0.546. The van der Waals surface area contributed by atoms with Gasteiger partial charge < -0.3 is 9.64 Å². The van der Waals surface area contributed by atoms with Crippen molar-refractivity contribution in [2.45, 2.75) is 32.9 Å². The van der Waals surface area contributed by atoms with Crippen molar-refractivity contribution in [1.29, 1.82) is 0 Å². The predicted octanol–water partition coefficient (Wildman–Crippen LogP) is 2.77. The molecule has 0 bridgehead atoms. The molecule has 1 aromatic heterocycles. The molecule has 7 nitrogen and oxygen atoms in total. The standard InChI is InChI=1S/C20H21FN4O3/c1-13(2)25(14-8-9-18(28-3)16(21)12-14)19(26)10-11-24-20(27)15-6-4-5-7-17(15)22-23-24/h4-9,12-13H,10-11H2,1-3H3. The number of methoxy groups -OCH3 is 1. The van der Waals surface area contributed by atoms with E-state index in [1.54, 1.807) is 30.3 Å². The van der Waals surface area contributed by atoms with E-state index in [9.17, 15) is 14.0 Å². The van der Waals surface area contributed by atoms with Crippen molar-refractivity contribution in [3.8, 4) is 5.75 Å². The first-order valence-electron chi connectivity index (χ1n) is 8.90. The summed E-state index contributed by atoms with van der Waals surface area (Å²) >= 11 is 0. The number of aryl methyl sites for hydroxylation is 1. The fraction of sp³-hybridized carbons (Fsp3) is 0.300. The summed E-state index contributed by atoms with van der Waals surface area (Å²) in [5.74, 6) is -0.686. The van der Waals surface area contributed by atoms with Crippen LogP contribution in [-0.4, -0.2) is 34.1 Å². The van der Waals surface area contributed by atoms with Crippen LogP contribution in [0.1, 0.15) is 20.3 Å². The fourth-order valence-electron chi connectivity index (χ4n) is 3.03. The number of nitrogens with zero attached hydrogens (tertiary/aromatic N) is 4. The second-order valence-corrected chi connectivity index (χ2v) is 6.56. The van der Waals surface area contributed by atoms with E-state index in [2.05, 4.69) is 10.3 Å². The summed E-state index contributed by atoms with van der Waals surface area (Å²) < 4.78 is 20.2. The molecule has 28 heavy (non-hydrogen) atoms. The molecule has 3 rings (SSSR count). The number of fused-ring (bicyclic) bond motifs is 1. The summed E-state index contributed by atoms with van der Waals surface area (Å²) in [6.07, 6.45) is 0.0265. The van der Waals surface area contributed by atoms with Crippen molar-refractivity contribution >= 4 is 22.5 Å².